The summed E-state index contributed by atoms with van der Waals surface area (Å²) in [6, 6.07) is 22.6. The zero-order chi connectivity index (χ0) is 24.6. The lowest BCUT2D eigenvalue weighted by molar-refractivity contribution is -0.126. The Morgan fingerprint density at radius 1 is 0.857 bits per heavy atom. The summed E-state index contributed by atoms with van der Waals surface area (Å²) in [5.74, 6) is 0.842. The molecule has 0 unspecified atom stereocenters. The molecule has 0 aromatic heterocycles. The topological polar surface area (TPSA) is 71.1 Å². The van der Waals surface area contributed by atoms with Gasteiger partial charge in [-0.25, -0.2) is 0 Å². The van der Waals surface area contributed by atoms with E-state index in [0.717, 1.165) is 24.3 Å². The van der Waals surface area contributed by atoms with Crippen molar-refractivity contribution in [1.82, 2.24) is 4.90 Å². The number of anilines is 2. The molecule has 2 amide bonds. The SMILES string of the molecule is COc1ccc(C(=O)Nc2ccc(N3CCN(C(=O)/C=C/c4ccccc4)CC3)cc2)c(OC)c1. The van der Waals surface area contributed by atoms with Crippen molar-refractivity contribution in [3.63, 3.8) is 0 Å². The summed E-state index contributed by atoms with van der Waals surface area (Å²) in [5.41, 5.74) is 3.19. The molecule has 0 radical (unpaired) electrons. The minimum Gasteiger partial charge on any atom is -0.497 e. The van der Waals surface area contributed by atoms with Gasteiger partial charge in [-0.2, -0.15) is 0 Å². The lowest BCUT2D eigenvalue weighted by Crippen LogP contribution is -2.48. The molecule has 1 fully saturated rings. The number of nitrogens with one attached hydrogen (secondary N) is 1. The van der Waals surface area contributed by atoms with Crippen molar-refractivity contribution in [2.24, 2.45) is 0 Å². The maximum atomic E-state index is 12.7. The van der Waals surface area contributed by atoms with Gasteiger partial charge < -0.3 is 24.6 Å². The van der Waals surface area contributed by atoms with Crippen molar-refractivity contribution < 1.29 is 19.1 Å². The summed E-state index contributed by atoms with van der Waals surface area (Å²) in [6.07, 6.45) is 3.49. The molecule has 4 rings (SSSR count). The molecule has 1 saturated heterocycles. The Kier molecular flexibility index (Phi) is 7.67. The number of rotatable bonds is 7. The first-order valence-corrected chi connectivity index (χ1v) is 11.5. The highest BCUT2D eigenvalue weighted by atomic mass is 16.5. The summed E-state index contributed by atoms with van der Waals surface area (Å²) >= 11 is 0. The highest BCUT2D eigenvalue weighted by molar-refractivity contribution is 6.06. The van der Waals surface area contributed by atoms with Crippen LogP contribution >= 0.6 is 0 Å². The van der Waals surface area contributed by atoms with Gasteiger partial charge in [0.25, 0.3) is 5.91 Å². The van der Waals surface area contributed by atoms with E-state index in [1.807, 2.05) is 65.6 Å². The number of ether oxygens (including phenoxy) is 2. The third-order valence-electron chi connectivity index (χ3n) is 5.95. The Bertz CT molecular complexity index is 1180. The minimum absolute atomic E-state index is 0.0283. The highest BCUT2D eigenvalue weighted by Crippen LogP contribution is 2.26. The molecule has 1 heterocycles. The molecule has 0 saturated carbocycles. The Balaban J connectivity index is 1.31. The molecule has 0 spiro atoms. The number of benzene rings is 3. The maximum absolute atomic E-state index is 12.7. The first-order chi connectivity index (χ1) is 17.1. The van der Waals surface area contributed by atoms with Crippen LogP contribution < -0.4 is 19.7 Å². The van der Waals surface area contributed by atoms with Crippen LogP contribution in [0.3, 0.4) is 0 Å². The lowest BCUT2D eigenvalue weighted by Gasteiger charge is -2.35. The second-order valence-electron chi connectivity index (χ2n) is 8.12. The first kappa shape index (κ1) is 23.9. The number of carbonyl (C=O) groups excluding carboxylic acids is 2. The van der Waals surface area contributed by atoms with Gasteiger partial charge >= 0.3 is 0 Å². The van der Waals surface area contributed by atoms with Crippen LogP contribution in [0.4, 0.5) is 11.4 Å². The van der Waals surface area contributed by atoms with E-state index < -0.39 is 0 Å². The van der Waals surface area contributed by atoms with E-state index in [1.54, 1.807) is 31.4 Å². The smallest absolute Gasteiger partial charge is 0.259 e. The number of hydrogen-bond donors (Lipinski definition) is 1. The highest BCUT2D eigenvalue weighted by Gasteiger charge is 2.20. The van der Waals surface area contributed by atoms with Crippen molar-refractivity contribution in [3.05, 3.63) is 90.0 Å². The Morgan fingerprint density at radius 2 is 1.57 bits per heavy atom. The summed E-state index contributed by atoms with van der Waals surface area (Å²) < 4.78 is 10.5. The molecule has 1 N–H and O–H groups in total. The number of carbonyl (C=O) groups is 2. The number of hydrogen-bond acceptors (Lipinski definition) is 5. The van der Waals surface area contributed by atoms with E-state index in [1.165, 1.54) is 7.11 Å². The van der Waals surface area contributed by atoms with Crippen LogP contribution in [0.1, 0.15) is 15.9 Å². The molecule has 0 aliphatic carbocycles. The van der Waals surface area contributed by atoms with E-state index in [0.29, 0.717) is 35.8 Å². The molecule has 0 atom stereocenters. The van der Waals surface area contributed by atoms with Crippen LogP contribution in [0.15, 0.2) is 78.9 Å². The molecular formula is C28H29N3O4. The summed E-state index contributed by atoms with van der Waals surface area (Å²) in [4.78, 5) is 29.4. The van der Waals surface area contributed by atoms with Crippen LogP contribution in [0.5, 0.6) is 11.5 Å². The van der Waals surface area contributed by atoms with E-state index in [2.05, 4.69) is 10.2 Å². The fourth-order valence-electron chi connectivity index (χ4n) is 3.96. The van der Waals surface area contributed by atoms with Gasteiger partial charge in [-0.15, -0.1) is 0 Å². The normalized spacial score (nSPS) is 13.5. The van der Waals surface area contributed by atoms with E-state index in [-0.39, 0.29) is 11.8 Å². The van der Waals surface area contributed by atoms with E-state index in [9.17, 15) is 9.59 Å². The summed E-state index contributed by atoms with van der Waals surface area (Å²) in [6.45, 7) is 2.82. The molecule has 35 heavy (non-hydrogen) atoms. The fourth-order valence-corrected chi connectivity index (χ4v) is 3.96. The minimum atomic E-state index is -0.257. The quantitative estimate of drug-likeness (QED) is 0.520. The second-order valence-corrected chi connectivity index (χ2v) is 8.12. The van der Waals surface area contributed by atoms with Crippen molar-refractivity contribution in [2.45, 2.75) is 0 Å². The van der Waals surface area contributed by atoms with E-state index >= 15 is 0 Å². The zero-order valence-corrected chi connectivity index (χ0v) is 19.9. The molecule has 7 heteroatoms. The average Bonchev–Trinajstić information content (AvgIpc) is 2.92. The third-order valence-corrected chi connectivity index (χ3v) is 5.95. The number of piperazine rings is 1. The van der Waals surface area contributed by atoms with Gasteiger partial charge in [0.1, 0.15) is 11.5 Å². The number of nitrogens with zero attached hydrogens (tertiary/aromatic N) is 2. The maximum Gasteiger partial charge on any atom is 0.259 e. The van der Waals surface area contributed by atoms with E-state index in [4.69, 9.17) is 9.47 Å². The molecule has 0 bridgehead atoms. The predicted octanol–water partition coefficient (Wildman–Crippen LogP) is 4.32. The first-order valence-electron chi connectivity index (χ1n) is 11.5. The van der Waals surface area contributed by atoms with Crippen molar-refractivity contribution in [1.29, 1.82) is 0 Å². The van der Waals surface area contributed by atoms with Gasteiger partial charge in [0.2, 0.25) is 5.91 Å². The molecule has 1 aliphatic heterocycles. The molecular weight excluding hydrogens is 442 g/mol. The summed E-state index contributed by atoms with van der Waals surface area (Å²) in [7, 11) is 3.09. The zero-order valence-electron chi connectivity index (χ0n) is 19.9. The van der Waals surface area contributed by atoms with Gasteiger partial charge in [0.15, 0.2) is 0 Å². The molecule has 1 aliphatic rings. The monoisotopic (exact) mass is 471 g/mol. The van der Waals surface area contributed by atoms with Crippen LogP contribution in [0.25, 0.3) is 6.08 Å². The average molecular weight is 472 g/mol. The Morgan fingerprint density at radius 3 is 2.23 bits per heavy atom. The Hall–Kier alpha value is -4.26. The van der Waals surface area contributed by atoms with Crippen LogP contribution in [0, 0.1) is 0 Å². The Labute approximate surface area is 205 Å². The fraction of sp³-hybridized carbons (Fsp3) is 0.214. The lowest BCUT2D eigenvalue weighted by atomic mass is 10.1. The van der Waals surface area contributed by atoms with Crippen molar-refractivity contribution >= 4 is 29.3 Å². The van der Waals surface area contributed by atoms with Crippen molar-refractivity contribution in [2.75, 3.05) is 50.6 Å². The molecule has 180 valence electrons. The van der Waals surface area contributed by atoms with Gasteiger partial charge in [-0.3, -0.25) is 9.59 Å². The number of methoxy groups -OCH3 is 2. The molecule has 3 aromatic carbocycles. The van der Waals surface area contributed by atoms with Crippen molar-refractivity contribution in [3.8, 4) is 11.5 Å². The van der Waals surface area contributed by atoms with Gasteiger partial charge in [-0.05, 0) is 48.0 Å². The second kappa shape index (κ2) is 11.2. The molecule has 7 nitrogen and oxygen atoms in total. The third kappa shape index (κ3) is 6.00. The van der Waals surface area contributed by atoms with Crippen LogP contribution in [0.2, 0.25) is 0 Å². The molecule has 3 aromatic rings. The van der Waals surface area contributed by atoms with Crippen LogP contribution in [-0.4, -0.2) is 57.1 Å². The predicted molar refractivity (Wildman–Crippen MR) is 138 cm³/mol. The largest absolute Gasteiger partial charge is 0.497 e. The van der Waals surface area contributed by atoms with Gasteiger partial charge in [0.05, 0.1) is 19.8 Å². The standard InChI is InChI=1S/C28H29N3O4/c1-34-24-13-14-25(26(20-24)35-2)28(33)29-22-9-11-23(12-10-22)30-16-18-31(19-17-30)27(32)15-8-21-6-4-3-5-7-21/h3-15,20H,16-19H2,1-2H3,(H,29,33)/b15-8+. The van der Waals surface area contributed by atoms with Crippen LogP contribution in [-0.2, 0) is 4.79 Å². The van der Waals surface area contributed by atoms with Gasteiger partial charge in [-0.1, -0.05) is 30.3 Å². The van der Waals surface area contributed by atoms with Gasteiger partial charge in [0, 0.05) is 49.7 Å². The number of amides is 2. The summed E-state index contributed by atoms with van der Waals surface area (Å²) in [5, 5.41) is 2.91.